The highest BCUT2D eigenvalue weighted by molar-refractivity contribution is 7.92. The molecule has 0 atom stereocenters. The zero-order chi connectivity index (χ0) is 21.6. The van der Waals surface area contributed by atoms with E-state index in [0.717, 1.165) is 25.9 Å². The molecule has 1 amide bonds. The zero-order valence-corrected chi connectivity index (χ0v) is 18.2. The molecular weight excluding hydrogens is 404 g/mol. The Hall–Kier alpha value is -2.74. The van der Waals surface area contributed by atoms with Gasteiger partial charge in [-0.3, -0.25) is 9.52 Å². The summed E-state index contributed by atoms with van der Waals surface area (Å²) in [6.07, 6.45) is 2.03. The van der Waals surface area contributed by atoms with E-state index in [1.165, 1.54) is 12.1 Å². The van der Waals surface area contributed by atoms with Crippen LogP contribution in [0.4, 0.5) is 5.69 Å². The summed E-state index contributed by atoms with van der Waals surface area (Å²) in [5.74, 6) is 1.74. The van der Waals surface area contributed by atoms with Crippen LogP contribution < -0.4 is 14.2 Å². The first-order valence-corrected chi connectivity index (χ1v) is 11.6. The van der Waals surface area contributed by atoms with E-state index >= 15 is 0 Å². The first-order chi connectivity index (χ1) is 14.4. The topological polar surface area (TPSA) is 84.9 Å². The highest BCUT2D eigenvalue weighted by Gasteiger charge is 2.20. The minimum absolute atomic E-state index is 0.0456. The second-order valence-corrected chi connectivity index (χ2v) is 9.07. The van der Waals surface area contributed by atoms with Gasteiger partial charge in [0.1, 0.15) is 11.5 Å². The van der Waals surface area contributed by atoms with Crippen molar-refractivity contribution in [2.45, 2.75) is 31.6 Å². The summed E-state index contributed by atoms with van der Waals surface area (Å²) < 4.78 is 38.6. The Labute approximate surface area is 178 Å². The molecule has 2 aromatic carbocycles. The molecule has 0 bridgehead atoms. The third-order valence-electron chi connectivity index (χ3n) is 5.05. The predicted octanol–water partition coefficient (Wildman–Crippen LogP) is 3.52. The van der Waals surface area contributed by atoms with E-state index in [1.54, 1.807) is 36.4 Å². The Kier molecular flexibility index (Phi) is 7.20. The lowest BCUT2D eigenvalue weighted by Gasteiger charge is -2.30. The van der Waals surface area contributed by atoms with Crippen LogP contribution in [0.2, 0.25) is 0 Å². The zero-order valence-electron chi connectivity index (χ0n) is 17.3. The number of likely N-dealkylation sites (tertiary alicyclic amines) is 1. The van der Waals surface area contributed by atoms with Crippen LogP contribution >= 0.6 is 0 Å². The van der Waals surface area contributed by atoms with Crippen molar-refractivity contribution in [3.63, 3.8) is 0 Å². The van der Waals surface area contributed by atoms with Crippen molar-refractivity contribution in [1.82, 2.24) is 4.90 Å². The second kappa shape index (κ2) is 9.84. The summed E-state index contributed by atoms with van der Waals surface area (Å²) in [7, 11) is -3.73. The summed E-state index contributed by atoms with van der Waals surface area (Å²) >= 11 is 0. The minimum Gasteiger partial charge on any atom is -0.494 e. The molecular formula is C22H28N2O5S. The average molecular weight is 433 g/mol. The molecule has 3 rings (SSSR count). The van der Waals surface area contributed by atoms with E-state index in [1.807, 2.05) is 11.8 Å². The second-order valence-electron chi connectivity index (χ2n) is 7.39. The van der Waals surface area contributed by atoms with Crippen LogP contribution in [0, 0.1) is 5.92 Å². The number of amides is 1. The number of nitrogens with one attached hydrogen (secondary N) is 1. The van der Waals surface area contributed by atoms with Gasteiger partial charge in [0.05, 0.1) is 11.5 Å². The van der Waals surface area contributed by atoms with Crippen LogP contribution in [-0.2, 0) is 14.8 Å². The molecule has 0 spiro atoms. The monoisotopic (exact) mass is 432 g/mol. The third kappa shape index (κ3) is 5.89. The van der Waals surface area contributed by atoms with E-state index in [0.29, 0.717) is 29.7 Å². The average Bonchev–Trinajstić information content (AvgIpc) is 2.74. The number of ether oxygens (including phenoxy) is 2. The van der Waals surface area contributed by atoms with Gasteiger partial charge in [-0.1, -0.05) is 6.92 Å². The first kappa shape index (κ1) is 22.0. The number of hydrogen-bond donors (Lipinski definition) is 1. The van der Waals surface area contributed by atoms with E-state index in [-0.39, 0.29) is 17.4 Å². The van der Waals surface area contributed by atoms with Crippen molar-refractivity contribution in [2.75, 3.05) is 31.0 Å². The molecule has 0 radical (unpaired) electrons. The van der Waals surface area contributed by atoms with E-state index in [9.17, 15) is 13.2 Å². The lowest BCUT2D eigenvalue weighted by atomic mass is 9.99. The highest BCUT2D eigenvalue weighted by atomic mass is 32.2. The van der Waals surface area contributed by atoms with Gasteiger partial charge >= 0.3 is 0 Å². The molecule has 2 aromatic rings. The molecule has 1 fully saturated rings. The Bertz CT molecular complexity index is 934. The molecule has 0 saturated carbocycles. The Morgan fingerprint density at radius 1 is 1.00 bits per heavy atom. The number of anilines is 1. The standard InChI is InChI=1S/C22H28N2O5S/c1-3-28-19-6-4-18(5-7-19)23-30(26,27)21-10-8-20(9-11-21)29-16-22(25)24-14-12-17(2)13-15-24/h4-11,17,23H,3,12-16H2,1-2H3. The maximum Gasteiger partial charge on any atom is 0.261 e. The molecule has 8 heteroatoms. The number of sulfonamides is 1. The van der Waals surface area contributed by atoms with Gasteiger partial charge in [-0.05, 0) is 74.2 Å². The first-order valence-electron chi connectivity index (χ1n) is 10.1. The van der Waals surface area contributed by atoms with Gasteiger partial charge < -0.3 is 14.4 Å². The van der Waals surface area contributed by atoms with Crippen LogP contribution in [0.1, 0.15) is 26.7 Å². The number of hydrogen-bond acceptors (Lipinski definition) is 5. The molecule has 30 heavy (non-hydrogen) atoms. The number of rotatable bonds is 8. The van der Waals surface area contributed by atoms with Crippen molar-refractivity contribution in [3.8, 4) is 11.5 Å². The van der Waals surface area contributed by atoms with E-state index < -0.39 is 10.0 Å². The van der Waals surface area contributed by atoms with Crippen LogP contribution in [-0.4, -0.2) is 45.5 Å². The highest BCUT2D eigenvalue weighted by Crippen LogP contribution is 2.22. The Balaban J connectivity index is 1.55. The number of benzene rings is 2. The van der Waals surface area contributed by atoms with Crippen LogP contribution in [0.5, 0.6) is 11.5 Å². The lowest BCUT2D eigenvalue weighted by Crippen LogP contribution is -2.40. The van der Waals surface area contributed by atoms with Gasteiger partial charge in [-0.2, -0.15) is 0 Å². The van der Waals surface area contributed by atoms with E-state index in [4.69, 9.17) is 9.47 Å². The van der Waals surface area contributed by atoms with Crippen molar-refractivity contribution in [1.29, 1.82) is 0 Å². The van der Waals surface area contributed by atoms with Gasteiger partial charge in [-0.25, -0.2) is 8.42 Å². The molecule has 1 aliphatic heterocycles. The molecule has 162 valence electrons. The normalized spacial score (nSPS) is 14.9. The summed E-state index contributed by atoms with van der Waals surface area (Å²) in [6, 6.07) is 12.7. The SMILES string of the molecule is CCOc1ccc(NS(=O)(=O)c2ccc(OCC(=O)N3CCC(C)CC3)cc2)cc1. The summed E-state index contributed by atoms with van der Waals surface area (Å²) in [4.78, 5) is 14.2. The van der Waals surface area contributed by atoms with Gasteiger partial charge in [0, 0.05) is 18.8 Å². The minimum atomic E-state index is -3.73. The van der Waals surface area contributed by atoms with Gasteiger partial charge in [0.15, 0.2) is 6.61 Å². The molecule has 1 saturated heterocycles. The van der Waals surface area contributed by atoms with Crippen LogP contribution in [0.3, 0.4) is 0 Å². The van der Waals surface area contributed by atoms with Gasteiger partial charge in [0.25, 0.3) is 15.9 Å². The maximum atomic E-state index is 12.6. The van der Waals surface area contributed by atoms with Crippen molar-refractivity contribution < 1.29 is 22.7 Å². The fourth-order valence-corrected chi connectivity index (χ4v) is 4.27. The number of piperidine rings is 1. The van der Waals surface area contributed by atoms with Crippen molar-refractivity contribution in [3.05, 3.63) is 48.5 Å². The smallest absolute Gasteiger partial charge is 0.261 e. The van der Waals surface area contributed by atoms with Crippen molar-refractivity contribution >= 4 is 21.6 Å². The molecule has 0 aromatic heterocycles. The maximum absolute atomic E-state index is 12.6. The van der Waals surface area contributed by atoms with E-state index in [2.05, 4.69) is 11.6 Å². The molecule has 0 aliphatic carbocycles. The molecule has 1 heterocycles. The third-order valence-corrected chi connectivity index (χ3v) is 6.45. The number of carbonyl (C=O) groups excluding carboxylic acids is 1. The molecule has 1 N–H and O–H groups in total. The quantitative estimate of drug-likeness (QED) is 0.690. The molecule has 0 unspecified atom stereocenters. The van der Waals surface area contributed by atoms with Crippen LogP contribution in [0.25, 0.3) is 0 Å². The van der Waals surface area contributed by atoms with Crippen LogP contribution in [0.15, 0.2) is 53.4 Å². The molecule has 7 nitrogen and oxygen atoms in total. The van der Waals surface area contributed by atoms with Gasteiger partial charge in [0.2, 0.25) is 0 Å². The summed E-state index contributed by atoms with van der Waals surface area (Å²) in [6.45, 7) is 6.09. The molecule has 1 aliphatic rings. The lowest BCUT2D eigenvalue weighted by molar-refractivity contribution is -0.134. The van der Waals surface area contributed by atoms with Crippen molar-refractivity contribution in [2.24, 2.45) is 5.92 Å². The fraction of sp³-hybridized carbons (Fsp3) is 0.409. The van der Waals surface area contributed by atoms with Gasteiger partial charge in [-0.15, -0.1) is 0 Å². The largest absolute Gasteiger partial charge is 0.494 e. The number of nitrogens with zero attached hydrogens (tertiary/aromatic N) is 1. The summed E-state index contributed by atoms with van der Waals surface area (Å²) in [5.41, 5.74) is 0.445. The Morgan fingerprint density at radius 3 is 2.17 bits per heavy atom. The fourth-order valence-electron chi connectivity index (χ4n) is 3.21. The Morgan fingerprint density at radius 2 is 1.57 bits per heavy atom. The number of carbonyl (C=O) groups is 1. The summed E-state index contributed by atoms with van der Waals surface area (Å²) in [5, 5.41) is 0. The predicted molar refractivity (Wildman–Crippen MR) is 115 cm³/mol.